The molecule has 0 aromatic heterocycles. The number of aliphatic hydroxyl groups excluding tert-OH is 1. The van der Waals surface area contributed by atoms with Crippen LogP contribution in [0.3, 0.4) is 0 Å². The number of aliphatic hydroxyl groups is 1. The maximum absolute atomic E-state index is 13.7. The fraction of sp³-hybridized carbons (Fsp3) is 0.667. The zero-order valence-electron chi connectivity index (χ0n) is 14.8. The molecule has 134 valence electrons. The maximum Gasteiger partial charge on any atom is 0.270 e. The van der Waals surface area contributed by atoms with E-state index in [9.17, 15) is 14.3 Å². The Kier molecular flexibility index (Phi) is 5.80. The van der Waals surface area contributed by atoms with Crippen LogP contribution in [0.2, 0.25) is 0 Å². The highest BCUT2D eigenvalue weighted by Crippen LogP contribution is 2.36. The van der Waals surface area contributed by atoms with E-state index in [4.69, 9.17) is 5.73 Å². The number of likely N-dealkylation sites (tertiary alicyclic amines) is 1. The summed E-state index contributed by atoms with van der Waals surface area (Å²) in [6.45, 7) is 10.6. The summed E-state index contributed by atoms with van der Waals surface area (Å²) in [5, 5.41) is 9.48. The van der Waals surface area contributed by atoms with Crippen molar-refractivity contribution in [2.75, 3.05) is 19.6 Å². The van der Waals surface area contributed by atoms with E-state index in [1.54, 1.807) is 0 Å². The number of hydrogen-bond acceptors (Lipinski definition) is 4. The zero-order chi connectivity index (χ0) is 18.0. The molecule has 0 spiro atoms. The average molecular weight is 337 g/mol. The molecule has 0 bridgehead atoms. The van der Waals surface area contributed by atoms with Crippen molar-refractivity contribution in [2.24, 2.45) is 22.6 Å². The third kappa shape index (κ3) is 3.86. The van der Waals surface area contributed by atoms with Crippen LogP contribution in [-0.2, 0) is 4.79 Å². The number of piperidine rings is 1. The van der Waals surface area contributed by atoms with Crippen molar-refractivity contribution in [3.05, 3.63) is 23.4 Å². The molecule has 24 heavy (non-hydrogen) atoms. The van der Waals surface area contributed by atoms with E-state index in [0.717, 1.165) is 23.3 Å². The molecule has 1 heterocycles. The Bertz CT molecular complexity index is 585. The Labute approximate surface area is 143 Å². The van der Waals surface area contributed by atoms with E-state index in [0.29, 0.717) is 19.0 Å². The van der Waals surface area contributed by atoms with Gasteiger partial charge in [0, 0.05) is 17.8 Å². The number of rotatable bonds is 3. The summed E-state index contributed by atoms with van der Waals surface area (Å²) in [5.74, 6) is 0.130. The predicted molar refractivity (Wildman–Crippen MR) is 93.4 cm³/mol. The van der Waals surface area contributed by atoms with Crippen molar-refractivity contribution in [1.29, 1.82) is 0 Å². The van der Waals surface area contributed by atoms with Gasteiger partial charge in [0.2, 0.25) is 0 Å². The van der Waals surface area contributed by atoms with Gasteiger partial charge in [0.05, 0.1) is 19.2 Å². The second kappa shape index (κ2) is 7.47. The minimum atomic E-state index is -1.42. The number of nitrogens with two attached hydrogens (primary N) is 1. The quantitative estimate of drug-likeness (QED) is 0.609. The smallest absolute Gasteiger partial charge is 0.270 e. The minimum Gasteiger partial charge on any atom is -0.394 e. The molecule has 1 aliphatic carbocycles. The van der Waals surface area contributed by atoms with Crippen LogP contribution in [0.1, 0.15) is 33.6 Å². The van der Waals surface area contributed by atoms with Crippen molar-refractivity contribution in [2.45, 2.75) is 45.9 Å². The first-order chi connectivity index (χ1) is 11.2. The van der Waals surface area contributed by atoms with Crippen LogP contribution < -0.4 is 5.73 Å². The molecule has 1 amide bonds. The Hall–Kier alpha value is -1.69. The molecule has 6 heteroatoms. The molecule has 5 nitrogen and oxygen atoms in total. The summed E-state index contributed by atoms with van der Waals surface area (Å²) in [7, 11) is 0. The van der Waals surface area contributed by atoms with Gasteiger partial charge in [-0.2, -0.15) is 0 Å². The summed E-state index contributed by atoms with van der Waals surface area (Å²) < 4.78 is 13.7. The lowest BCUT2D eigenvalue weighted by atomic mass is 9.95. The first-order valence-electron chi connectivity index (χ1n) is 8.51. The van der Waals surface area contributed by atoms with E-state index in [1.165, 1.54) is 4.90 Å². The standard InChI is InChI=1S/C18H28FN3O2/c1-10(2)8-21-14-7-11(3)12(4)16(14)17(20)18(24)22-6-5-15(23)13(19)9-22/h11-13,15,23H,1,5-9,20H2,2-4H3/b17-16-,21-14?/t11-,12?,13?,15?/m1/s1. The lowest BCUT2D eigenvalue weighted by Crippen LogP contribution is -2.48. The molecule has 3 unspecified atom stereocenters. The Morgan fingerprint density at radius 1 is 1.50 bits per heavy atom. The number of amides is 1. The van der Waals surface area contributed by atoms with E-state index >= 15 is 0 Å². The number of allylic oxidation sites excluding steroid dienone is 1. The Morgan fingerprint density at radius 2 is 2.17 bits per heavy atom. The van der Waals surface area contributed by atoms with Gasteiger partial charge in [0.15, 0.2) is 0 Å². The molecule has 2 fully saturated rings. The molecule has 1 saturated carbocycles. The second-order valence-electron chi connectivity index (χ2n) is 7.14. The third-order valence-electron chi connectivity index (χ3n) is 4.99. The molecule has 0 radical (unpaired) electrons. The first-order valence-corrected chi connectivity index (χ1v) is 8.51. The normalized spacial score (nSPS) is 34.5. The van der Waals surface area contributed by atoms with Gasteiger partial charge in [0.25, 0.3) is 5.91 Å². The predicted octanol–water partition coefficient (Wildman–Crippen LogP) is 1.82. The number of aliphatic imine (C=N–C) groups is 1. The van der Waals surface area contributed by atoms with Crippen LogP contribution in [0.25, 0.3) is 0 Å². The fourth-order valence-corrected chi connectivity index (χ4v) is 3.28. The van der Waals surface area contributed by atoms with Crippen LogP contribution in [-0.4, -0.2) is 53.5 Å². The summed E-state index contributed by atoms with van der Waals surface area (Å²) in [5.41, 5.74) is 8.94. The molecule has 1 aliphatic heterocycles. The average Bonchev–Trinajstić information content (AvgIpc) is 2.81. The SMILES string of the molecule is C=C(C)CN=C1C[C@@H](C)C(C)/C1=C(/N)C(=O)N1CCC(O)C(F)C1. The van der Waals surface area contributed by atoms with E-state index < -0.39 is 12.3 Å². The van der Waals surface area contributed by atoms with Gasteiger partial charge in [-0.15, -0.1) is 0 Å². The van der Waals surface area contributed by atoms with Crippen LogP contribution in [0.5, 0.6) is 0 Å². The molecule has 0 aromatic rings. The number of carbonyl (C=O) groups excluding carboxylic acids is 1. The third-order valence-corrected chi connectivity index (χ3v) is 4.99. The maximum atomic E-state index is 13.7. The topological polar surface area (TPSA) is 78.9 Å². The molecule has 4 atom stereocenters. The van der Waals surface area contributed by atoms with Gasteiger partial charge < -0.3 is 15.7 Å². The van der Waals surface area contributed by atoms with Crippen LogP contribution >= 0.6 is 0 Å². The first kappa shape index (κ1) is 18.6. The van der Waals surface area contributed by atoms with Gasteiger partial charge in [-0.3, -0.25) is 9.79 Å². The highest BCUT2D eigenvalue weighted by molar-refractivity contribution is 6.09. The number of alkyl halides is 1. The van der Waals surface area contributed by atoms with E-state index in [-0.39, 0.29) is 30.5 Å². The molecular weight excluding hydrogens is 309 g/mol. The van der Waals surface area contributed by atoms with Crippen molar-refractivity contribution < 1.29 is 14.3 Å². The molecule has 1 saturated heterocycles. The van der Waals surface area contributed by atoms with Crippen molar-refractivity contribution in [3.63, 3.8) is 0 Å². The highest BCUT2D eigenvalue weighted by atomic mass is 19.1. The van der Waals surface area contributed by atoms with Crippen LogP contribution in [0.15, 0.2) is 28.4 Å². The molecular formula is C18H28FN3O2. The largest absolute Gasteiger partial charge is 0.394 e. The zero-order valence-corrected chi connectivity index (χ0v) is 14.8. The van der Waals surface area contributed by atoms with Gasteiger partial charge in [-0.25, -0.2) is 4.39 Å². The Morgan fingerprint density at radius 3 is 2.75 bits per heavy atom. The highest BCUT2D eigenvalue weighted by Gasteiger charge is 2.36. The van der Waals surface area contributed by atoms with Crippen molar-refractivity contribution >= 4 is 11.6 Å². The summed E-state index contributed by atoms with van der Waals surface area (Å²) in [6, 6.07) is 0. The summed E-state index contributed by atoms with van der Waals surface area (Å²) >= 11 is 0. The molecule has 2 aliphatic rings. The van der Waals surface area contributed by atoms with Crippen molar-refractivity contribution in [3.8, 4) is 0 Å². The molecule has 0 aromatic carbocycles. The summed E-state index contributed by atoms with van der Waals surface area (Å²) in [6.07, 6.45) is -1.40. The molecule has 3 N–H and O–H groups in total. The van der Waals surface area contributed by atoms with Gasteiger partial charge in [-0.05, 0) is 31.6 Å². The number of hydrogen-bond donors (Lipinski definition) is 2. The van der Waals surface area contributed by atoms with Crippen LogP contribution in [0, 0.1) is 11.8 Å². The number of carbonyl (C=O) groups is 1. The van der Waals surface area contributed by atoms with Crippen LogP contribution in [0.4, 0.5) is 4.39 Å². The lowest BCUT2D eigenvalue weighted by Gasteiger charge is -2.32. The minimum absolute atomic E-state index is 0.115. The second-order valence-corrected chi connectivity index (χ2v) is 7.14. The Balaban J connectivity index is 2.27. The fourth-order valence-electron chi connectivity index (χ4n) is 3.28. The van der Waals surface area contributed by atoms with Gasteiger partial charge in [-0.1, -0.05) is 26.0 Å². The monoisotopic (exact) mass is 337 g/mol. The molecule has 2 rings (SSSR count). The van der Waals surface area contributed by atoms with E-state index in [1.807, 2.05) is 13.8 Å². The number of nitrogens with zero attached hydrogens (tertiary/aromatic N) is 2. The number of halogens is 1. The van der Waals surface area contributed by atoms with Crippen molar-refractivity contribution in [1.82, 2.24) is 4.90 Å². The van der Waals surface area contributed by atoms with Gasteiger partial charge >= 0.3 is 0 Å². The lowest BCUT2D eigenvalue weighted by molar-refractivity contribution is -0.131. The van der Waals surface area contributed by atoms with Gasteiger partial charge in [0.1, 0.15) is 11.9 Å². The summed E-state index contributed by atoms with van der Waals surface area (Å²) in [4.78, 5) is 18.7. The van der Waals surface area contributed by atoms with E-state index in [2.05, 4.69) is 18.5 Å².